The van der Waals surface area contributed by atoms with Crippen molar-refractivity contribution in [2.45, 2.75) is 26.8 Å². The molecule has 0 aliphatic carbocycles. The molecule has 1 heterocycles. The van der Waals surface area contributed by atoms with Crippen LogP contribution < -0.4 is 10.6 Å². The number of nitrogens with zero attached hydrogens (tertiary/aromatic N) is 1. The molecule has 0 radical (unpaired) electrons. The molecule has 0 fully saturated rings. The van der Waals surface area contributed by atoms with Crippen molar-refractivity contribution in [1.82, 2.24) is 15.6 Å². The summed E-state index contributed by atoms with van der Waals surface area (Å²) in [5, 5.41) is 16.2. The van der Waals surface area contributed by atoms with E-state index in [9.17, 15) is 9.59 Å². The van der Waals surface area contributed by atoms with Crippen molar-refractivity contribution in [2.24, 2.45) is 5.92 Å². The third-order valence-corrected chi connectivity index (χ3v) is 3.47. The van der Waals surface area contributed by atoms with Crippen LogP contribution in [0.25, 0.3) is 0 Å². The second-order valence-corrected chi connectivity index (χ2v) is 5.86. The van der Waals surface area contributed by atoms with E-state index in [1.54, 1.807) is 6.92 Å². The summed E-state index contributed by atoms with van der Waals surface area (Å²) in [6.45, 7) is 7.41. The first-order chi connectivity index (χ1) is 9.90. The lowest BCUT2D eigenvalue weighted by Gasteiger charge is -2.12. The molecule has 1 aromatic rings. The number of urea groups is 1. The van der Waals surface area contributed by atoms with Crippen LogP contribution in [0.15, 0.2) is 5.38 Å². The van der Waals surface area contributed by atoms with Gasteiger partial charge < -0.3 is 20.5 Å². The predicted molar refractivity (Wildman–Crippen MR) is 79.7 cm³/mol. The molecular weight excluding hydrogens is 294 g/mol. The van der Waals surface area contributed by atoms with Crippen LogP contribution in [-0.4, -0.2) is 41.8 Å². The van der Waals surface area contributed by atoms with Gasteiger partial charge in [-0.05, 0) is 12.8 Å². The number of nitrogens with one attached hydrogen (secondary N) is 2. The molecule has 1 rings (SSSR count). The van der Waals surface area contributed by atoms with Crippen LogP contribution in [0.2, 0.25) is 0 Å². The molecule has 0 aliphatic heterocycles. The normalized spacial score (nSPS) is 12.2. The van der Waals surface area contributed by atoms with Crippen LogP contribution >= 0.6 is 11.3 Å². The predicted octanol–water partition coefficient (Wildman–Crippen LogP) is 1.87. The molecule has 0 aromatic carbocycles. The third-order valence-electron chi connectivity index (χ3n) is 2.44. The van der Waals surface area contributed by atoms with Gasteiger partial charge in [-0.15, -0.1) is 11.3 Å². The van der Waals surface area contributed by atoms with Gasteiger partial charge in [0.05, 0.1) is 12.6 Å². The number of hydrogen-bond donors (Lipinski definition) is 3. The van der Waals surface area contributed by atoms with E-state index in [2.05, 4.69) is 29.5 Å². The van der Waals surface area contributed by atoms with E-state index in [-0.39, 0.29) is 17.8 Å². The van der Waals surface area contributed by atoms with Gasteiger partial charge in [0.2, 0.25) is 0 Å². The first-order valence-electron chi connectivity index (χ1n) is 6.71. The smallest absolute Gasteiger partial charge is 0.355 e. The molecule has 1 aromatic heterocycles. The second kappa shape index (κ2) is 8.58. The van der Waals surface area contributed by atoms with Crippen molar-refractivity contribution >= 4 is 23.3 Å². The zero-order valence-corrected chi connectivity index (χ0v) is 13.2. The van der Waals surface area contributed by atoms with E-state index in [0.717, 1.165) is 0 Å². The average molecular weight is 315 g/mol. The minimum Gasteiger partial charge on any atom is -0.476 e. The molecule has 3 N–H and O–H groups in total. The molecule has 0 saturated carbocycles. The van der Waals surface area contributed by atoms with Crippen LogP contribution in [-0.2, 0) is 4.74 Å². The van der Waals surface area contributed by atoms with Crippen LogP contribution in [0.3, 0.4) is 0 Å². The summed E-state index contributed by atoms with van der Waals surface area (Å²) in [6.07, 6.45) is 0. The number of rotatable bonds is 8. The Morgan fingerprint density at radius 2 is 2.14 bits per heavy atom. The largest absolute Gasteiger partial charge is 0.476 e. The highest BCUT2D eigenvalue weighted by molar-refractivity contribution is 7.09. The topological polar surface area (TPSA) is 101 Å². The summed E-state index contributed by atoms with van der Waals surface area (Å²) < 4.78 is 5.35. The Balaban J connectivity index is 2.28. The monoisotopic (exact) mass is 315 g/mol. The average Bonchev–Trinajstić information content (AvgIpc) is 2.87. The lowest BCUT2D eigenvalue weighted by Crippen LogP contribution is -2.38. The highest BCUT2D eigenvalue weighted by Crippen LogP contribution is 2.17. The summed E-state index contributed by atoms with van der Waals surface area (Å²) in [4.78, 5) is 26.3. The van der Waals surface area contributed by atoms with Crippen LogP contribution in [0.5, 0.6) is 0 Å². The minimum atomic E-state index is -1.07. The molecule has 118 valence electrons. The Labute approximate surface area is 127 Å². The summed E-state index contributed by atoms with van der Waals surface area (Å²) in [5.74, 6) is -0.608. The zero-order valence-electron chi connectivity index (χ0n) is 12.4. The van der Waals surface area contributed by atoms with E-state index in [1.165, 1.54) is 16.7 Å². The molecule has 2 amide bonds. The first-order valence-corrected chi connectivity index (χ1v) is 7.59. The van der Waals surface area contributed by atoms with Crippen LogP contribution in [0, 0.1) is 5.92 Å². The number of amides is 2. The van der Waals surface area contributed by atoms with Gasteiger partial charge in [-0.3, -0.25) is 0 Å². The van der Waals surface area contributed by atoms with Crippen LogP contribution in [0.1, 0.15) is 42.3 Å². The minimum absolute atomic E-state index is 0.00820. The highest BCUT2D eigenvalue weighted by atomic mass is 32.1. The maximum Gasteiger partial charge on any atom is 0.355 e. The molecule has 1 atom stereocenters. The van der Waals surface area contributed by atoms with Crippen molar-refractivity contribution in [3.05, 3.63) is 16.1 Å². The Kier molecular flexibility index (Phi) is 7.10. The molecule has 0 aliphatic rings. The fourth-order valence-electron chi connectivity index (χ4n) is 1.45. The molecule has 21 heavy (non-hydrogen) atoms. The van der Waals surface area contributed by atoms with Gasteiger partial charge in [0, 0.05) is 18.5 Å². The molecule has 0 saturated heterocycles. The van der Waals surface area contributed by atoms with Crippen molar-refractivity contribution < 1.29 is 19.4 Å². The van der Waals surface area contributed by atoms with E-state index >= 15 is 0 Å². The number of carbonyl (C=O) groups excluding carboxylic acids is 1. The lowest BCUT2D eigenvalue weighted by atomic mass is 10.2. The number of carboxylic acid groups (broad SMARTS) is 1. The number of thiazole rings is 1. The van der Waals surface area contributed by atoms with E-state index in [0.29, 0.717) is 30.7 Å². The number of aromatic carboxylic acids is 1. The van der Waals surface area contributed by atoms with Crippen molar-refractivity contribution in [1.29, 1.82) is 0 Å². The highest BCUT2D eigenvalue weighted by Gasteiger charge is 2.15. The Morgan fingerprint density at radius 1 is 1.43 bits per heavy atom. The first kappa shape index (κ1) is 17.4. The summed E-state index contributed by atoms with van der Waals surface area (Å²) >= 11 is 1.20. The number of hydrogen-bond acceptors (Lipinski definition) is 5. The van der Waals surface area contributed by atoms with Gasteiger partial charge >= 0.3 is 12.0 Å². The zero-order chi connectivity index (χ0) is 15.8. The third kappa shape index (κ3) is 6.54. The SMILES string of the molecule is CC(C)COCCNC(=O)NC(C)c1nc(C(=O)O)cs1. The van der Waals surface area contributed by atoms with Crippen molar-refractivity contribution in [3.63, 3.8) is 0 Å². The summed E-state index contributed by atoms with van der Waals surface area (Å²) in [7, 11) is 0. The summed E-state index contributed by atoms with van der Waals surface area (Å²) in [6, 6.07) is -0.678. The molecule has 0 bridgehead atoms. The Morgan fingerprint density at radius 3 is 2.71 bits per heavy atom. The van der Waals surface area contributed by atoms with Gasteiger partial charge in [-0.25, -0.2) is 14.6 Å². The van der Waals surface area contributed by atoms with Crippen LogP contribution in [0.4, 0.5) is 4.79 Å². The van der Waals surface area contributed by atoms with Crippen molar-refractivity contribution in [3.8, 4) is 0 Å². The fourth-order valence-corrected chi connectivity index (χ4v) is 2.25. The maximum atomic E-state index is 11.6. The van der Waals surface area contributed by atoms with Crippen molar-refractivity contribution in [2.75, 3.05) is 19.8 Å². The van der Waals surface area contributed by atoms with Gasteiger partial charge in [-0.2, -0.15) is 0 Å². The maximum absolute atomic E-state index is 11.6. The van der Waals surface area contributed by atoms with Gasteiger partial charge in [0.1, 0.15) is 5.01 Å². The molecule has 0 spiro atoms. The number of carbonyl (C=O) groups is 2. The van der Waals surface area contributed by atoms with E-state index in [4.69, 9.17) is 9.84 Å². The lowest BCUT2D eigenvalue weighted by molar-refractivity contribution is 0.0691. The van der Waals surface area contributed by atoms with Gasteiger partial charge in [0.25, 0.3) is 0 Å². The fraction of sp³-hybridized carbons (Fsp3) is 0.615. The molecular formula is C13H21N3O4S. The number of ether oxygens (including phenoxy) is 1. The molecule has 8 heteroatoms. The Hall–Kier alpha value is -1.67. The quantitative estimate of drug-likeness (QED) is 0.636. The molecule has 7 nitrogen and oxygen atoms in total. The second-order valence-electron chi connectivity index (χ2n) is 4.97. The van der Waals surface area contributed by atoms with Gasteiger partial charge in [-0.1, -0.05) is 13.8 Å². The van der Waals surface area contributed by atoms with E-state index in [1.807, 2.05) is 0 Å². The number of aromatic nitrogens is 1. The van der Waals surface area contributed by atoms with Gasteiger partial charge in [0.15, 0.2) is 5.69 Å². The molecule has 1 unspecified atom stereocenters. The number of carboxylic acids is 1. The Bertz CT molecular complexity index is 476. The van der Waals surface area contributed by atoms with E-state index < -0.39 is 5.97 Å². The standard InChI is InChI=1S/C13H21N3O4S/c1-8(2)6-20-5-4-14-13(19)15-9(3)11-16-10(7-21-11)12(17)18/h7-9H,4-6H2,1-3H3,(H,17,18)(H2,14,15,19). The summed E-state index contributed by atoms with van der Waals surface area (Å²) in [5.41, 5.74) is -0.00820.